The molecule has 11 heteroatoms. The molecule has 0 aliphatic rings. The number of nitrogens with two attached hydrogens (primary N) is 2. The number of carbonyl (C=O) groups is 4. The second-order valence-electron chi connectivity index (χ2n) is 5.76. The Bertz CT molecular complexity index is 697. The first-order chi connectivity index (χ1) is 12.7. The molecule has 0 aliphatic heterocycles. The molecule has 0 aromatic heterocycles. The highest BCUT2D eigenvalue weighted by Crippen LogP contribution is 2.25. The molecule has 4 amide bonds. The van der Waals surface area contributed by atoms with Crippen LogP contribution in [0.4, 0.5) is 17.1 Å². The van der Waals surface area contributed by atoms with E-state index in [0.717, 1.165) is 12.1 Å². The highest BCUT2D eigenvalue weighted by molar-refractivity contribution is 5.95. The van der Waals surface area contributed by atoms with Gasteiger partial charge in [-0.2, -0.15) is 0 Å². The molecule has 0 fully saturated rings. The average molecular weight is 379 g/mol. The summed E-state index contributed by atoms with van der Waals surface area (Å²) >= 11 is 0. The predicted molar refractivity (Wildman–Crippen MR) is 96.4 cm³/mol. The van der Waals surface area contributed by atoms with Crippen molar-refractivity contribution in [3.8, 4) is 0 Å². The van der Waals surface area contributed by atoms with Gasteiger partial charge < -0.3 is 22.1 Å². The third-order valence-corrected chi connectivity index (χ3v) is 3.35. The van der Waals surface area contributed by atoms with Gasteiger partial charge in [-0.15, -0.1) is 0 Å². The van der Waals surface area contributed by atoms with Crippen molar-refractivity contribution >= 4 is 40.7 Å². The van der Waals surface area contributed by atoms with E-state index < -0.39 is 28.6 Å². The van der Waals surface area contributed by atoms with Crippen LogP contribution in [0, 0.1) is 10.1 Å². The van der Waals surface area contributed by atoms with Gasteiger partial charge in [0.15, 0.2) is 0 Å². The van der Waals surface area contributed by atoms with Crippen molar-refractivity contribution in [2.75, 3.05) is 10.6 Å². The van der Waals surface area contributed by atoms with Crippen LogP contribution in [0.1, 0.15) is 38.5 Å². The summed E-state index contributed by atoms with van der Waals surface area (Å²) in [5, 5.41) is 16.0. The summed E-state index contributed by atoms with van der Waals surface area (Å²) in [7, 11) is 0. The summed E-state index contributed by atoms with van der Waals surface area (Å²) in [5.74, 6) is -1.95. The van der Waals surface area contributed by atoms with E-state index in [4.69, 9.17) is 11.5 Å². The van der Waals surface area contributed by atoms with Crippen LogP contribution in [0.25, 0.3) is 0 Å². The number of nitrogens with zero attached hydrogens (tertiary/aromatic N) is 1. The minimum absolute atomic E-state index is 0.0143. The topological polar surface area (TPSA) is 188 Å². The first kappa shape index (κ1) is 21.5. The third-order valence-electron chi connectivity index (χ3n) is 3.35. The fourth-order valence-electron chi connectivity index (χ4n) is 2.15. The number of benzene rings is 1. The van der Waals surface area contributed by atoms with Crippen molar-refractivity contribution in [3.63, 3.8) is 0 Å². The number of nitrogens with one attached hydrogen (secondary N) is 2. The van der Waals surface area contributed by atoms with Crippen molar-refractivity contribution in [3.05, 3.63) is 28.3 Å². The maximum absolute atomic E-state index is 11.8. The Morgan fingerprint density at radius 1 is 0.815 bits per heavy atom. The molecule has 6 N–H and O–H groups in total. The number of nitro groups is 1. The zero-order valence-electron chi connectivity index (χ0n) is 14.5. The van der Waals surface area contributed by atoms with E-state index in [-0.39, 0.29) is 55.6 Å². The Hall–Kier alpha value is -3.50. The molecule has 146 valence electrons. The molecule has 0 unspecified atom stereocenters. The van der Waals surface area contributed by atoms with Gasteiger partial charge in [0.1, 0.15) is 0 Å². The lowest BCUT2D eigenvalue weighted by molar-refractivity contribution is -0.384. The van der Waals surface area contributed by atoms with Crippen LogP contribution in [-0.4, -0.2) is 28.6 Å². The van der Waals surface area contributed by atoms with Crippen LogP contribution >= 0.6 is 0 Å². The molecule has 11 nitrogen and oxygen atoms in total. The monoisotopic (exact) mass is 379 g/mol. The van der Waals surface area contributed by atoms with Gasteiger partial charge >= 0.3 is 0 Å². The minimum Gasteiger partial charge on any atom is -0.370 e. The first-order valence-electron chi connectivity index (χ1n) is 8.13. The highest BCUT2D eigenvalue weighted by Gasteiger charge is 2.13. The maximum Gasteiger partial charge on any atom is 0.273 e. The quantitative estimate of drug-likeness (QED) is 0.324. The molecule has 27 heavy (non-hydrogen) atoms. The summed E-state index contributed by atoms with van der Waals surface area (Å²) in [4.78, 5) is 55.4. The Balaban J connectivity index is 2.77. The lowest BCUT2D eigenvalue weighted by Crippen LogP contribution is -2.16. The normalized spacial score (nSPS) is 10.1. The average Bonchev–Trinajstić information content (AvgIpc) is 2.53. The van der Waals surface area contributed by atoms with Crippen LogP contribution in [0.3, 0.4) is 0 Å². The van der Waals surface area contributed by atoms with Gasteiger partial charge in [-0.25, -0.2) is 0 Å². The number of rotatable bonds is 11. The largest absolute Gasteiger partial charge is 0.370 e. The molecule has 0 saturated heterocycles. The molecular formula is C16H21N5O6. The van der Waals surface area contributed by atoms with Crippen molar-refractivity contribution < 1.29 is 24.1 Å². The number of hydrogen-bond donors (Lipinski definition) is 4. The number of carbonyl (C=O) groups excluding carboxylic acids is 4. The van der Waals surface area contributed by atoms with Crippen LogP contribution in [0.2, 0.25) is 0 Å². The number of amides is 4. The van der Waals surface area contributed by atoms with Gasteiger partial charge in [0, 0.05) is 49.2 Å². The maximum atomic E-state index is 11.8. The highest BCUT2D eigenvalue weighted by atomic mass is 16.6. The van der Waals surface area contributed by atoms with Crippen LogP contribution in [0.5, 0.6) is 0 Å². The Morgan fingerprint density at radius 3 is 1.56 bits per heavy atom. The van der Waals surface area contributed by atoms with Crippen molar-refractivity contribution in [2.24, 2.45) is 11.5 Å². The first-order valence-corrected chi connectivity index (χ1v) is 8.13. The Labute approximate surface area is 154 Å². The van der Waals surface area contributed by atoms with Crippen molar-refractivity contribution in [2.45, 2.75) is 38.5 Å². The molecule has 0 bridgehead atoms. The number of primary amides is 2. The fourth-order valence-corrected chi connectivity index (χ4v) is 2.15. The van der Waals surface area contributed by atoms with Crippen LogP contribution < -0.4 is 22.1 Å². The molecule has 0 saturated carbocycles. The molecule has 1 rings (SSSR count). The molecule has 1 aromatic carbocycles. The summed E-state index contributed by atoms with van der Waals surface area (Å²) in [5.41, 5.74) is 9.91. The zero-order valence-corrected chi connectivity index (χ0v) is 14.5. The predicted octanol–water partition coefficient (Wildman–Crippen LogP) is 0.783. The van der Waals surface area contributed by atoms with Gasteiger partial charge in [0.25, 0.3) is 5.69 Å². The number of non-ortho nitro benzene ring substituents is 1. The molecule has 0 radical (unpaired) electrons. The number of hydrogen-bond acceptors (Lipinski definition) is 6. The number of nitro benzene ring substituents is 1. The molecule has 1 aromatic rings. The van der Waals surface area contributed by atoms with Crippen LogP contribution in [0.15, 0.2) is 18.2 Å². The lowest BCUT2D eigenvalue weighted by Gasteiger charge is -2.09. The SMILES string of the molecule is NC(=O)CCCC(=O)Nc1cc(NC(=O)CCCC(N)=O)cc([N+](=O)[O-])c1. The van der Waals surface area contributed by atoms with Gasteiger partial charge in [0.05, 0.1) is 4.92 Å². The Kier molecular flexibility index (Phi) is 8.36. The third kappa shape index (κ3) is 8.95. The minimum atomic E-state index is -0.661. The molecule has 0 spiro atoms. The summed E-state index contributed by atoms with van der Waals surface area (Å²) < 4.78 is 0. The van der Waals surface area contributed by atoms with E-state index in [0.29, 0.717) is 0 Å². The van der Waals surface area contributed by atoms with Crippen LogP contribution in [-0.2, 0) is 19.2 Å². The smallest absolute Gasteiger partial charge is 0.273 e. The van der Waals surface area contributed by atoms with Gasteiger partial charge in [0.2, 0.25) is 23.6 Å². The molecule has 0 atom stereocenters. The van der Waals surface area contributed by atoms with E-state index >= 15 is 0 Å². The van der Waals surface area contributed by atoms with Gasteiger partial charge in [-0.05, 0) is 18.9 Å². The van der Waals surface area contributed by atoms with E-state index in [1.807, 2.05) is 0 Å². The van der Waals surface area contributed by atoms with E-state index in [9.17, 15) is 29.3 Å². The van der Waals surface area contributed by atoms with E-state index in [1.54, 1.807) is 0 Å². The van der Waals surface area contributed by atoms with Crippen molar-refractivity contribution in [1.29, 1.82) is 0 Å². The number of anilines is 2. The Morgan fingerprint density at radius 2 is 1.22 bits per heavy atom. The van der Waals surface area contributed by atoms with E-state index in [1.165, 1.54) is 6.07 Å². The van der Waals surface area contributed by atoms with Gasteiger partial charge in [-0.1, -0.05) is 0 Å². The van der Waals surface area contributed by atoms with E-state index in [2.05, 4.69) is 10.6 Å². The summed E-state index contributed by atoms with van der Waals surface area (Å²) in [6, 6.07) is 3.66. The molecule has 0 heterocycles. The fraction of sp³-hybridized carbons (Fsp3) is 0.375. The second-order valence-corrected chi connectivity index (χ2v) is 5.76. The lowest BCUT2D eigenvalue weighted by atomic mass is 10.2. The summed E-state index contributed by atoms with van der Waals surface area (Å²) in [6.45, 7) is 0. The molecular weight excluding hydrogens is 358 g/mol. The summed E-state index contributed by atoms with van der Waals surface area (Å²) in [6.07, 6.45) is 0.629. The van der Waals surface area contributed by atoms with Crippen molar-refractivity contribution in [1.82, 2.24) is 0 Å². The second kappa shape index (κ2) is 10.5. The van der Waals surface area contributed by atoms with Gasteiger partial charge in [-0.3, -0.25) is 29.3 Å². The standard InChI is InChI=1S/C16H21N5O6/c17-13(22)3-1-5-15(24)19-10-7-11(9-12(8-10)21(26)27)20-16(25)6-2-4-14(18)23/h7-9H,1-6H2,(H2,17,22)(H2,18,23)(H,19,24)(H,20,25). The zero-order chi connectivity index (χ0) is 20.4. The molecule has 0 aliphatic carbocycles.